The molecule has 4 rings (SSSR count). The number of amides is 2. The minimum absolute atomic E-state index is 0.0140. The molecule has 2 aliphatic heterocycles. The highest BCUT2D eigenvalue weighted by atomic mass is 16.7. The molecule has 0 aromatic heterocycles. The fourth-order valence-electron chi connectivity index (χ4n) is 4.67. The van der Waals surface area contributed by atoms with E-state index in [1.54, 1.807) is 4.90 Å². The van der Waals surface area contributed by atoms with E-state index in [9.17, 15) is 9.59 Å². The second-order valence-corrected chi connectivity index (χ2v) is 8.74. The number of fused-ring (bicyclic) bond motifs is 1. The van der Waals surface area contributed by atoms with Crippen molar-refractivity contribution in [3.63, 3.8) is 0 Å². The average molecular weight is 402 g/mol. The largest absolute Gasteiger partial charge is 0.454 e. The van der Waals surface area contributed by atoms with E-state index < -0.39 is 11.8 Å². The van der Waals surface area contributed by atoms with Crippen LogP contribution in [0, 0.1) is 11.8 Å². The third-order valence-electron chi connectivity index (χ3n) is 6.13. The van der Waals surface area contributed by atoms with Crippen molar-refractivity contribution in [2.24, 2.45) is 11.8 Å². The van der Waals surface area contributed by atoms with Crippen LogP contribution >= 0.6 is 0 Å². The fourth-order valence-corrected chi connectivity index (χ4v) is 4.67. The molecule has 1 aromatic rings. The van der Waals surface area contributed by atoms with Crippen molar-refractivity contribution in [1.29, 1.82) is 0 Å². The van der Waals surface area contributed by atoms with Crippen LogP contribution in [-0.4, -0.2) is 41.9 Å². The van der Waals surface area contributed by atoms with E-state index in [4.69, 9.17) is 14.2 Å². The quantitative estimate of drug-likeness (QED) is 0.838. The molecule has 1 N–H and O–H groups in total. The smallest absolute Gasteiger partial charge is 0.245 e. The second kappa shape index (κ2) is 7.86. The van der Waals surface area contributed by atoms with Crippen LogP contribution < -0.4 is 14.8 Å². The Balaban J connectivity index is 1.48. The van der Waals surface area contributed by atoms with Gasteiger partial charge in [-0.3, -0.25) is 14.5 Å². The maximum absolute atomic E-state index is 13.1. The lowest BCUT2D eigenvalue weighted by atomic mass is 9.82. The van der Waals surface area contributed by atoms with Crippen molar-refractivity contribution in [2.75, 3.05) is 13.4 Å². The molecule has 29 heavy (non-hydrogen) atoms. The Kier molecular flexibility index (Phi) is 5.42. The minimum Gasteiger partial charge on any atom is -0.454 e. The minimum atomic E-state index is -0.639. The SMILES string of the molecule is CC(C)C(=O)N1[C@H](C(=O)NCc2ccc3c(c2)OCO3)CO[C@]12CCC[C@H](C)C2. The summed E-state index contributed by atoms with van der Waals surface area (Å²) < 4.78 is 16.9. The maximum atomic E-state index is 13.1. The van der Waals surface area contributed by atoms with Gasteiger partial charge in [0.1, 0.15) is 11.8 Å². The summed E-state index contributed by atoms with van der Waals surface area (Å²) in [4.78, 5) is 27.9. The third-order valence-corrected chi connectivity index (χ3v) is 6.13. The molecule has 2 amide bonds. The molecule has 3 aliphatic rings. The Labute approximate surface area is 171 Å². The number of hydrogen-bond acceptors (Lipinski definition) is 5. The zero-order chi connectivity index (χ0) is 20.6. The van der Waals surface area contributed by atoms with Crippen molar-refractivity contribution in [3.05, 3.63) is 23.8 Å². The summed E-state index contributed by atoms with van der Waals surface area (Å²) in [6.45, 7) is 6.77. The first-order valence-electron chi connectivity index (χ1n) is 10.5. The standard InChI is InChI=1S/C22H30N2O5/c1-14(2)21(26)24-17(12-29-22(24)8-4-5-15(3)10-22)20(25)23-11-16-6-7-18-19(9-16)28-13-27-18/h6-7,9,14-15,17H,4-5,8,10-13H2,1-3H3,(H,23,25)/t15-,17-,22-/m0/s1. The lowest BCUT2D eigenvalue weighted by molar-refractivity contribution is -0.165. The van der Waals surface area contributed by atoms with Crippen LogP contribution in [0.5, 0.6) is 11.5 Å². The van der Waals surface area contributed by atoms with Crippen LogP contribution in [0.3, 0.4) is 0 Å². The van der Waals surface area contributed by atoms with E-state index in [1.165, 1.54) is 0 Å². The normalized spacial score (nSPS) is 28.2. The van der Waals surface area contributed by atoms with Gasteiger partial charge in [0.25, 0.3) is 0 Å². The van der Waals surface area contributed by atoms with E-state index in [-0.39, 0.29) is 31.1 Å². The van der Waals surface area contributed by atoms with E-state index in [2.05, 4.69) is 12.2 Å². The molecule has 2 heterocycles. The van der Waals surface area contributed by atoms with Crippen molar-refractivity contribution < 1.29 is 23.8 Å². The zero-order valence-corrected chi connectivity index (χ0v) is 17.4. The summed E-state index contributed by atoms with van der Waals surface area (Å²) in [6, 6.07) is 5.02. The molecule has 7 nitrogen and oxygen atoms in total. The average Bonchev–Trinajstić information content (AvgIpc) is 3.29. The molecule has 0 radical (unpaired) electrons. The first kappa shape index (κ1) is 20.0. The molecular weight excluding hydrogens is 372 g/mol. The summed E-state index contributed by atoms with van der Waals surface area (Å²) in [5, 5.41) is 2.98. The van der Waals surface area contributed by atoms with E-state index in [0.717, 1.165) is 31.2 Å². The van der Waals surface area contributed by atoms with E-state index in [0.29, 0.717) is 24.0 Å². The van der Waals surface area contributed by atoms with Crippen LogP contribution in [0.2, 0.25) is 0 Å². The number of hydrogen-bond donors (Lipinski definition) is 1. The number of benzene rings is 1. The summed E-state index contributed by atoms with van der Waals surface area (Å²) in [5.41, 5.74) is 0.281. The molecule has 1 saturated carbocycles. The highest BCUT2D eigenvalue weighted by Gasteiger charge is 2.54. The molecule has 1 spiro atoms. The van der Waals surface area contributed by atoms with Crippen LogP contribution in [0.25, 0.3) is 0 Å². The second-order valence-electron chi connectivity index (χ2n) is 8.74. The van der Waals surface area contributed by atoms with Crippen LogP contribution in [0.15, 0.2) is 18.2 Å². The van der Waals surface area contributed by atoms with Crippen molar-refractivity contribution in [3.8, 4) is 11.5 Å². The number of carbonyl (C=O) groups is 2. The monoisotopic (exact) mass is 402 g/mol. The Morgan fingerprint density at radius 3 is 2.83 bits per heavy atom. The molecule has 2 fully saturated rings. The summed E-state index contributed by atoms with van der Waals surface area (Å²) in [6.07, 6.45) is 3.73. The Hall–Kier alpha value is -2.28. The van der Waals surface area contributed by atoms with Gasteiger partial charge in [-0.25, -0.2) is 0 Å². The Bertz CT molecular complexity index is 795. The molecule has 1 saturated heterocycles. The highest BCUT2D eigenvalue weighted by molar-refractivity contribution is 5.89. The predicted molar refractivity (Wildman–Crippen MR) is 106 cm³/mol. The topological polar surface area (TPSA) is 77.1 Å². The molecule has 1 aliphatic carbocycles. The third kappa shape index (κ3) is 3.80. The number of nitrogens with zero attached hydrogens (tertiary/aromatic N) is 1. The highest BCUT2D eigenvalue weighted by Crippen LogP contribution is 2.43. The summed E-state index contributed by atoms with van der Waals surface area (Å²) in [5.74, 6) is 1.50. The van der Waals surface area contributed by atoms with Gasteiger partial charge in [-0.2, -0.15) is 0 Å². The van der Waals surface area contributed by atoms with E-state index >= 15 is 0 Å². The first-order valence-corrected chi connectivity index (χ1v) is 10.5. The molecule has 3 atom stereocenters. The molecule has 158 valence electrons. The maximum Gasteiger partial charge on any atom is 0.245 e. The van der Waals surface area contributed by atoms with Crippen molar-refractivity contribution >= 4 is 11.8 Å². The van der Waals surface area contributed by atoms with Crippen LogP contribution in [-0.2, 0) is 20.9 Å². The number of ether oxygens (including phenoxy) is 3. The number of carbonyl (C=O) groups excluding carboxylic acids is 2. The van der Waals surface area contributed by atoms with Gasteiger partial charge in [-0.15, -0.1) is 0 Å². The van der Waals surface area contributed by atoms with Gasteiger partial charge in [0.15, 0.2) is 11.5 Å². The molecule has 0 unspecified atom stereocenters. The molecular formula is C22H30N2O5. The van der Waals surface area contributed by atoms with Gasteiger partial charge in [-0.05, 0) is 42.9 Å². The van der Waals surface area contributed by atoms with Crippen molar-refractivity contribution in [2.45, 2.75) is 64.8 Å². The Morgan fingerprint density at radius 1 is 1.28 bits per heavy atom. The van der Waals surface area contributed by atoms with Gasteiger partial charge in [0.05, 0.1) is 6.61 Å². The van der Waals surface area contributed by atoms with Gasteiger partial charge < -0.3 is 19.5 Å². The first-order chi connectivity index (χ1) is 13.9. The van der Waals surface area contributed by atoms with Crippen molar-refractivity contribution in [1.82, 2.24) is 10.2 Å². The number of nitrogens with one attached hydrogen (secondary N) is 1. The van der Waals surface area contributed by atoms with Crippen LogP contribution in [0.1, 0.15) is 52.0 Å². The Morgan fingerprint density at radius 2 is 2.07 bits per heavy atom. The van der Waals surface area contributed by atoms with Gasteiger partial charge in [-0.1, -0.05) is 33.3 Å². The predicted octanol–water partition coefficient (Wildman–Crippen LogP) is 2.82. The molecule has 7 heteroatoms. The van der Waals surface area contributed by atoms with Gasteiger partial charge in [0.2, 0.25) is 18.6 Å². The lowest BCUT2D eigenvalue weighted by Gasteiger charge is -2.44. The summed E-state index contributed by atoms with van der Waals surface area (Å²) >= 11 is 0. The van der Waals surface area contributed by atoms with E-state index in [1.807, 2.05) is 32.0 Å². The van der Waals surface area contributed by atoms with Gasteiger partial charge >= 0.3 is 0 Å². The number of rotatable bonds is 4. The lowest BCUT2D eigenvalue weighted by Crippen LogP contribution is -2.58. The van der Waals surface area contributed by atoms with Crippen LogP contribution in [0.4, 0.5) is 0 Å². The molecule has 0 bridgehead atoms. The van der Waals surface area contributed by atoms with Gasteiger partial charge in [0, 0.05) is 12.5 Å². The summed E-state index contributed by atoms with van der Waals surface area (Å²) in [7, 11) is 0. The zero-order valence-electron chi connectivity index (χ0n) is 17.4. The fraction of sp³-hybridized carbons (Fsp3) is 0.636. The molecule has 1 aromatic carbocycles.